The van der Waals surface area contributed by atoms with Crippen LogP contribution >= 0.6 is 0 Å². The van der Waals surface area contributed by atoms with E-state index in [0.29, 0.717) is 90.9 Å². The van der Waals surface area contributed by atoms with Crippen LogP contribution in [0.3, 0.4) is 0 Å². The van der Waals surface area contributed by atoms with Crippen molar-refractivity contribution in [2.75, 3.05) is 105 Å². The Kier molecular flexibility index (Phi) is 39.2. The van der Waals surface area contributed by atoms with Crippen LogP contribution in [0.5, 0.6) is 0 Å². The number of likely N-dealkylation sites (tertiary alicyclic amines) is 3. The second-order valence-electron chi connectivity index (χ2n) is 48.3. The number of primary amides is 1. The number of nitrogens with one attached hydrogen (secondary N) is 11. The highest BCUT2D eigenvalue weighted by molar-refractivity contribution is 7.89. The number of fused-ring (bicyclic) bond motifs is 3. The number of rotatable bonds is 37. The number of hydrogen-bond acceptors (Lipinski definition) is 21. The fraction of sp³-hybridized carbons (Fsp3) is 0.828. The van der Waals surface area contributed by atoms with Crippen molar-refractivity contribution >= 4 is 119 Å². The van der Waals surface area contributed by atoms with Gasteiger partial charge in [-0.15, -0.1) is 6.58 Å². The van der Waals surface area contributed by atoms with Crippen molar-refractivity contribution in [1.82, 2.24) is 94.7 Å². The summed E-state index contributed by atoms with van der Waals surface area (Å²) >= 11 is 0. The van der Waals surface area contributed by atoms with E-state index in [-0.39, 0.29) is 115 Å². The molecule has 0 aromatic carbocycles. The van der Waals surface area contributed by atoms with Crippen LogP contribution in [0.15, 0.2) is 12.7 Å². The largest absolute Gasteiger partial charge is 0.363 e. The zero-order chi connectivity index (χ0) is 108. The number of nitrogens with two attached hydrogens (primary N) is 1. The molecule has 18 atom stereocenters. The van der Waals surface area contributed by atoms with Gasteiger partial charge in [-0.25, -0.2) is 22.8 Å². The molecule has 3 unspecified atom stereocenters. The minimum Gasteiger partial charge on any atom is -0.363 e. The molecular formula is C99H172N20O21S3. The topological polar surface area (TPSA) is 543 Å². The van der Waals surface area contributed by atoms with Crippen LogP contribution in [0, 0.1) is 84.7 Å². The average Bonchev–Trinajstić information content (AvgIpc) is 1.53. The van der Waals surface area contributed by atoms with Gasteiger partial charge in [0.15, 0.2) is 0 Å². The Bertz CT molecular complexity index is 5030. The molecule has 143 heavy (non-hydrogen) atoms. The normalized spacial score (nSPS) is 26.1. The highest BCUT2D eigenvalue weighted by Crippen LogP contribution is 2.67. The second-order valence-corrected chi connectivity index (χ2v) is 54.5. The van der Waals surface area contributed by atoms with E-state index in [1.54, 1.807) is 4.90 Å². The van der Waals surface area contributed by atoms with Crippen LogP contribution in [-0.2, 0) is 88.0 Å². The first-order valence-corrected chi connectivity index (χ1v) is 55.8. The third kappa shape index (κ3) is 28.5. The fourth-order valence-corrected chi connectivity index (χ4v) is 26.2. The van der Waals surface area contributed by atoms with Gasteiger partial charge in [0, 0.05) is 118 Å². The van der Waals surface area contributed by atoms with Crippen LogP contribution in [0.25, 0.3) is 0 Å². The van der Waals surface area contributed by atoms with Gasteiger partial charge >= 0.3 is 18.1 Å². The van der Waals surface area contributed by atoms with Gasteiger partial charge in [-0.3, -0.25) is 57.5 Å². The number of urea groups is 3. The number of ketones is 3. The summed E-state index contributed by atoms with van der Waals surface area (Å²) in [7, 11) is -6.27. The van der Waals surface area contributed by atoms with Crippen molar-refractivity contribution in [1.29, 1.82) is 0 Å². The van der Waals surface area contributed by atoms with Gasteiger partial charge in [-0.2, -0.15) is 38.4 Å². The zero-order valence-corrected chi connectivity index (χ0v) is 92.5. The maximum Gasteiger partial charge on any atom is 0.315 e. The Balaban J connectivity index is 0.000000262. The van der Waals surface area contributed by atoms with Gasteiger partial charge < -0.3 is 78.9 Å². The predicted octanol–water partition coefficient (Wildman–Crippen LogP) is 4.61. The molecule has 13 N–H and O–H groups in total. The van der Waals surface area contributed by atoms with Gasteiger partial charge in [-0.05, 0) is 136 Å². The molecule has 10 fully saturated rings. The molecule has 0 aromatic heterocycles. The number of hydrogen-bond donors (Lipinski definition) is 12. The van der Waals surface area contributed by atoms with Gasteiger partial charge in [-0.1, -0.05) is 217 Å². The average molecular weight is 2070 g/mol. The predicted molar refractivity (Wildman–Crippen MR) is 542 cm³/mol. The highest BCUT2D eigenvalue weighted by Gasteiger charge is 2.73. The first-order valence-electron chi connectivity index (χ1n) is 51.4. The molecule has 6 heterocycles. The Hall–Kier alpha value is -8.56. The van der Waals surface area contributed by atoms with E-state index >= 15 is 0 Å². The van der Waals surface area contributed by atoms with Crippen molar-refractivity contribution in [2.45, 2.75) is 335 Å². The number of sulfonamides is 1. The smallest absolute Gasteiger partial charge is 0.315 e. The van der Waals surface area contributed by atoms with Gasteiger partial charge in [0.25, 0.3) is 38.1 Å². The lowest BCUT2D eigenvalue weighted by molar-refractivity contribution is -0.145. The second kappa shape index (κ2) is 46.9. The number of piperidine rings is 3. The molecule has 6 saturated heterocycles. The molecule has 4 aliphatic carbocycles. The quantitative estimate of drug-likeness (QED) is 0.0298. The fourth-order valence-electron chi connectivity index (χ4n) is 21.8. The van der Waals surface area contributed by atoms with Gasteiger partial charge in [0.2, 0.25) is 62.8 Å². The summed E-state index contributed by atoms with van der Waals surface area (Å²) in [5.41, 5.74) is 1.59. The van der Waals surface area contributed by atoms with E-state index in [0.717, 1.165) is 38.5 Å². The van der Waals surface area contributed by atoms with Gasteiger partial charge in [0.05, 0.1) is 23.9 Å². The third-order valence-electron chi connectivity index (χ3n) is 31.6. The monoisotopic (exact) mass is 2070 g/mol. The summed E-state index contributed by atoms with van der Waals surface area (Å²) in [6.45, 7) is 52.9. The number of likely N-dealkylation sites (N-methyl/N-ethyl adjacent to an activating group) is 1. The lowest BCUT2D eigenvalue weighted by atomic mass is 9.83. The summed E-state index contributed by atoms with van der Waals surface area (Å²) < 4.78 is 83.8. The minimum absolute atomic E-state index is 0.0484. The van der Waals surface area contributed by atoms with E-state index in [1.165, 1.54) is 58.5 Å². The van der Waals surface area contributed by atoms with Crippen molar-refractivity contribution in [3.8, 4) is 0 Å². The molecule has 41 nitrogen and oxygen atoms in total. The van der Waals surface area contributed by atoms with Gasteiger partial charge in [0.1, 0.15) is 36.3 Å². The summed E-state index contributed by atoms with van der Waals surface area (Å²) in [4.78, 5) is 205. The molecule has 10 aliphatic rings. The Morgan fingerprint density at radius 3 is 1.08 bits per heavy atom. The van der Waals surface area contributed by atoms with E-state index < -0.39 is 213 Å². The standard InChI is InChI=1S/C35H61N7O7S.C33H56N6O7S.C31H55N7O7S/c1-12-14-16-23(27(43)30(45)36-17-13-2)37-29(44)26-25-22(35(25,9)10)20-42(26)31(46)28(34(6,7)8)39-32(47)38-24(33(3,4)5)21-41-19-15-18-40(11)50(41,48)49;1-8-13-22(27(40)29(42)34-7)35-28(41)26-24-21(33(24,5)6)18-39(26)30(43)25(20-14-10-9-11-15-20)37-31(44)36-23(32(2,3)4)19-38-16-12-17-47(38,45)46;1-11-13-19(23(39)25(32)40)33-26(41)22-21-18(31(21,8)9)16-38(22)27(42)24(30(5,6)7)35-28(43)34-20(29(2,3)4)17-37-15-12-14-36(10)46(37,44)45/h13,22-26,28H,2,12,14-21H2,1,3-11H3,(H,36,45)(H,37,44)(H2,38,39,47);20-26H,8-19H2,1-7H3,(H,34,42)(H,35,41)(H2,36,37,44);18-22,24H,11-17H2,1-10H3,(H2,32,40)(H,33,41)(H2,34,35,43)/t22-,23?,24+,25-,26-,28+;21-,22?,23+,24-,25-,26-;18-,19?,20+,21-,22-,24+/m000/s1. The van der Waals surface area contributed by atoms with Crippen LogP contribution in [0.2, 0.25) is 0 Å². The SMILES string of the molecule is C=CCNC(=O)C(=O)C(CCCC)NC(=O)[C@@H]1[C@@H]2[C@H](CN1C(=O)[C@@H](NC(=O)N[C@H](CN1CCCN(C)S1(=O)=O)C(C)(C)C)C(C)(C)C)C2(C)C.CCCC(NC(=O)[C@@H]1[C@@H]2[C@H](CN1C(=O)[C@@H](NC(=O)N[C@H](CN1CCCN(C)S1(=O)=O)C(C)(C)C)C(C)(C)C)C2(C)C)C(=O)C(N)=O.CCCC(NC(=O)[C@@H]1[C@@H]2[C@H](CN1C(=O)[C@@H](NC(=O)N[C@H](CN1CCCS1(=O)=O)C(C)(C)C)C1CCCCC1)C2(C)C)C(=O)C(=O)NC. The highest BCUT2D eigenvalue weighted by atomic mass is 32.2. The zero-order valence-electron chi connectivity index (χ0n) is 90.0. The number of carbonyl (C=O) groups is 15. The lowest BCUT2D eigenvalue weighted by Gasteiger charge is -2.40. The van der Waals surface area contributed by atoms with Crippen molar-refractivity contribution in [3.63, 3.8) is 0 Å². The van der Waals surface area contributed by atoms with Crippen molar-refractivity contribution < 1.29 is 97.2 Å². The summed E-state index contributed by atoms with van der Waals surface area (Å²) in [6, 6.07) is -12.2. The van der Waals surface area contributed by atoms with Crippen LogP contribution in [-0.4, -0.2) is 328 Å². The minimum atomic E-state index is -3.67. The number of amides is 15. The first-order chi connectivity index (χ1) is 65.9. The Morgan fingerprint density at radius 1 is 0.413 bits per heavy atom. The molecule has 10 rings (SSSR count). The first kappa shape index (κ1) is 120. The summed E-state index contributed by atoms with van der Waals surface area (Å²) in [5.74, 6) is -8.04. The molecule has 15 amide bonds. The number of unbranched alkanes of at least 4 members (excludes halogenated alkanes) is 1. The van der Waals surface area contributed by atoms with E-state index in [4.69, 9.17) is 5.73 Å². The van der Waals surface area contributed by atoms with E-state index in [1.807, 2.05) is 152 Å². The summed E-state index contributed by atoms with van der Waals surface area (Å²) in [5, 5.41) is 30.7. The maximum absolute atomic E-state index is 14.5. The Labute approximate surface area is 849 Å². The molecule has 4 saturated carbocycles. The van der Waals surface area contributed by atoms with E-state index in [9.17, 15) is 97.2 Å². The van der Waals surface area contributed by atoms with Crippen molar-refractivity contribution in [3.05, 3.63) is 12.7 Å². The molecule has 0 spiro atoms. The molecular weight excluding hydrogens is 1900 g/mol. The molecule has 44 heteroatoms. The maximum atomic E-state index is 14.5. The molecule has 812 valence electrons. The van der Waals surface area contributed by atoms with Crippen LogP contribution in [0.1, 0.15) is 262 Å². The van der Waals surface area contributed by atoms with E-state index in [2.05, 4.69) is 78.9 Å². The van der Waals surface area contributed by atoms with Crippen molar-refractivity contribution in [2.24, 2.45) is 90.5 Å². The lowest BCUT2D eigenvalue weighted by Crippen LogP contribution is -2.63. The van der Waals surface area contributed by atoms with Crippen LogP contribution < -0.4 is 64.2 Å². The number of Topliss-reactive ketones (excluding diaryl/α,β-unsaturated/α-hetero) is 3. The molecule has 6 aliphatic heterocycles. The Morgan fingerprint density at radius 2 is 0.755 bits per heavy atom. The molecule has 0 radical (unpaired) electrons. The number of nitrogens with zero attached hydrogens (tertiary/aromatic N) is 8. The number of carbonyl (C=O) groups excluding carboxylic acids is 15. The molecule has 0 aromatic rings. The third-order valence-corrected chi connectivity index (χ3v) is 37.4. The van der Waals surface area contributed by atoms with Crippen LogP contribution in [0.4, 0.5) is 14.4 Å². The summed E-state index contributed by atoms with van der Waals surface area (Å²) in [6.07, 6.45) is 11.0. The molecule has 0 bridgehead atoms.